The van der Waals surface area contributed by atoms with E-state index in [1.165, 1.54) is 0 Å². The van der Waals surface area contributed by atoms with E-state index in [0.29, 0.717) is 42.7 Å². The van der Waals surface area contributed by atoms with Crippen molar-refractivity contribution >= 4 is 16.8 Å². The monoisotopic (exact) mass is 420 g/mol. The lowest BCUT2D eigenvalue weighted by atomic mass is 10.1. The first-order valence-corrected chi connectivity index (χ1v) is 11.1. The summed E-state index contributed by atoms with van der Waals surface area (Å²) in [5, 5.41) is 0.558. The van der Waals surface area contributed by atoms with Gasteiger partial charge in [0.1, 0.15) is 5.82 Å². The third-order valence-corrected chi connectivity index (χ3v) is 5.64. The van der Waals surface area contributed by atoms with Gasteiger partial charge in [0.25, 0.3) is 5.56 Å². The van der Waals surface area contributed by atoms with E-state index >= 15 is 0 Å². The molecule has 1 amide bonds. The molecule has 0 aliphatic rings. The smallest absolute Gasteiger partial charge is 0.258 e. The second kappa shape index (κ2) is 11.4. The lowest BCUT2D eigenvalue weighted by molar-refractivity contribution is -0.133. The van der Waals surface area contributed by atoms with Crippen LogP contribution in [0.15, 0.2) is 59.4 Å². The maximum Gasteiger partial charge on any atom is 0.258 e. The Morgan fingerprint density at radius 1 is 1.03 bits per heavy atom. The molecule has 3 N–H and O–H groups in total. The molecule has 6 heteroatoms. The summed E-state index contributed by atoms with van der Waals surface area (Å²) in [6.07, 6.45) is 5.10. The number of aromatic amines is 1. The number of benzene rings is 2. The standard InChI is InChI=1S/C25H32N4O2/c1-19(24-27-22-14-8-7-13-21(22)25(31)28-24)29(18-10-3-2-9-17-26)23(30)16-15-20-11-5-4-6-12-20/h4-8,11-14,19H,2-3,9-10,15-18,26H2,1H3,(H,27,28,31)/t19-/m0/s1. The highest BCUT2D eigenvalue weighted by Gasteiger charge is 2.23. The summed E-state index contributed by atoms with van der Waals surface area (Å²) in [6.45, 7) is 3.27. The summed E-state index contributed by atoms with van der Waals surface area (Å²) in [5.74, 6) is 0.602. The summed E-state index contributed by atoms with van der Waals surface area (Å²) in [4.78, 5) is 35.1. The number of nitrogens with two attached hydrogens (primary N) is 1. The van der Waals surface area contributed by atoms with Gasteiger partial charge in [0.15, 0.2) is 0 Å². The fourth-order valence-electron chi connectivity index (χ4n) is 3.80. The van der Waals surface area contributed by atoms with Gasteiger partial charge in [-0.2, -0.15) is 0 Å². The van der Waals surface area contributed by atoms with E-state index in [4.69, 9.17) is 5.73 Å². The summed E-state index contributed by atoms with van der Waals surface area (Å²) in [5.41, 5.74) is 7.21. The third-order valence-electron chi connectivity index (χ3n) is 5.64. The molecule has 0 radical (unpaired) electrons. The van der Waals surface area contributed by atoms with Crippen molar-refractivity contribution in [3.8, 4) is 0 Å². The van der Waals surface area contributed by atoms with Gasteiger partial charge in [-0.3, -0.25) is 9.59 Å². The maximum atomic E-state index is 13.2. The van der Waals surface area contributed by atoms with Crippen LogP contribution in [-0.4, -0.2) is 33.9 Å². The molecule has 0 unspecified atom stereocenters. The number of fused-ring (bicyclic) bond motifs is 1. The molecule has 0 saturated heterocycles. The highest BCUT2D eigenvalue weighted by atomic mass is 16.2. The maximum absolute atomic E-state index is 13.2. The fourth-order valence-corrected chi connectivity index (χ4v) is 3.80. The van der Waals surface area contributed by atoms with Gasteiger partial charge in [-0.25, -0.2) is 4.98 Å². The minimum Gasteiger partial charge on any atom is -0.333 e. The van der Waals surface area contributed by atoms with Crippen molar-refractivity contribution in [1.29, 1.82) is 0 Å². The third kappa shape index (κ3) is 6.25. The summed E-state index contributed by atoms with van der Waals surface area (Å²) in [7, 11) is 0. The Morgan fingerprint density at radius 2 is 1.74 bits per heavy atom. The number of amides is 1. The summed E-state index contributed by atoms with van der Waals surface area (Å²) >= 11 is 0. The molecular formula is C25H32N4O2. The lowest BCUT2D eigenvalue weighted by Crippen LogP contribution is -2.36. The number of aromatic nitrogens is 2. The van der Waals surface area contributed by atoms with Crippen molar-refractivity contribution < 1.29 is 4.79 Å². The van der Waals surface area contributed by atoms with E-state index in [1.807, 2.05) is 60.4 Å². The first-order valence-electron chi connectivity index (χ1n) is 11.1. The average Bonchev–Trinajstić information content (AvgIpc) is 2.80. The molecule has 0 aliphatic heterocycles. The molecule has 0 spiro atoms. The first kappa shape index (κ1) is 22.7. The van der Waals surface area contributed by atoms with Crippen LogP contribution in [0.1, 0.15) is 56.5 Å². The van der Waals surface area contributed by atoms with Crippen molar-refractivity contribution in [3.05, 3.63) is 76.3 Å². The van der Waals surface area contributed by atoms with Crippen LogP contribution in [0.5, 0.6) is 0 Å². The summed E-state index contributed by atoms with van der Waals surface area (Å²) in [6, 6.07) is 17.0. The number of H-pyrrole nitrogens is 1. The molecule has 3 rings (SSSR count). The van der Waals surface area contributed by atoms with E-state index in [9.17, 15) is 9.59 Å². The topological polar surface area (TPSA) is 92.1 Å². The largest absolute Gasteiger partial charge is 0.333 e. The molecular weight excluding hydrogens is 388 g/mol. The van der Waals surface area contributed by atoms with E-state index in [2.05, 4.69) is 9.97 Å². The number of aryl methyl sites for hydroxylation is 1. The number of hydrogen-bond donors (Lipinski definition) is 2. The van der Waals surface area contributed by atoms with Gasteiger partial charge < -0.3 is 15.6 Å². The van der Waals surface area contributed by atoms with Crippen molar-refractivity contribution in [2.45, 2.75) is 51.5 Å². The van der Waals surface area contributed by atoms with Gasteiger partial charge in [0, 0.05) is 13.0 Å². The van der Waals surface area contributed by atoms with Crippen LogP contribution in [0, 0.1) is 0 Å². The predicted molar refractivity (Wildman–Crippen MR) is 125 cm³/mol. The zero-order valence-electron chi connectivity index (χ0n) is 18.2. The van der Waals surface area contributed by atoms with Crippen LogP contribution in [0.3, 0.4) is 0 Å². The normalized spacial score (nSPS) is 12.1. The van der Waals surface area contributed by atoms with Crippen LogP contribution in [0.25, 0.3) is 10.9 Å². The number of carbonyl (C=O) groups is 1. The van der Waals surface area contributed by atoms with E-state index in [1.54, 1.807) is 6.07 Å². The van der Waals surface area contributed by atoms with E-state index < -0.39 is 0 Å². The van der Waals surface area contributed by atoms with Crippen molar-refractivity contribution in [3.63, 3.8) is 0 Å². The fraction of sp³-hybridized carbons (Fsp3) is 0.400. The minimum atomic E-state index is -0.310. The molecule has 0 aliphatic carbocycles. The number of nitrogens with one attached hydrogen (secondary N) is 1. The Bertz CT molecular complexity index is 1030. The number of rotatable bonds is 11. The van der Waals surface area contributed by atoms with Crippen LogP contribution in [0.2, 0.25) is 0 Å². The molecule has 0 bridgehead atoms. The van der Waals surface area contributed by atoms with Crippen molar-refractivity contribution in [2.75, 3.05) is 13.1 Å². The number of carbonyl (C=O) groups excluding carboxylic acids is 1. The Hall–Kier alpha value is -2.99. The molecule has 164 valence electrons. The van der Waals surface area contributed by atoms with Crippen LogP contribution in [0.4, 0.5) is 0 Å². The van der Waals surface area contributed by atoms with Gasteiger partial charge in [0.05, 0.1) is 16.9 Å². The summed E-state index contributed by atoms with van der Waals surface area (Å²) < 4.78 is 0. The number of hydrogen-bond acceptors (Lipinski definition) is 4. The quantitative estimate of drug-likeness (QED) is 0.459. The zero-order valence-corrected chi connectivity index (χ0v) is 18.2. The Balaban J connectivity index is 1.77. The van der Waals surface area contributed by atoms with Crippen LogP contribution < -0.4 is 11.3 Å². The Kier molecular flexibility index (Phi) is 8.35. The number of para-hydroxylation sites is 1. The number of nitrogens with zero attached hydrogens (tertiary/aromatic N) is 2. The molecule has 3 aromatic rings. The molecule has 2 aromatic carbocycles. The zero-order chi connectivity index (χ0) is 22.1. The lowest BCUT2D eigenvalue weighted by Gasteiger charge is -2.29. The molecule has 0 saturated carbocycles. The molecule has 1 heterocycles. The van der Waals surface area contributed by atoms with Crippen molar-refractivity contribution in [2.24, 2.45) is 5.73 Å². The Morgan fingerprint density at radius 3 is 2.52 bits per heavy atom. The van der Waals surface area contributed by atoms with Gasteiger partial charge in [-0.05, 0) is 50.4 Å². The molecule has 0 fully saturated rings. The van der Waals surface area contributed by atoms with Crippen LogP contribution >= 0.6 is 0 Å². The van der Waals surface area contributed by atoms with Gasteiger partial charge >= 0.3 is 0 Å². The molecule has 31 heavy (non-hydrogen) atoms. The Labute approximate surface area is 183 Å². The van der Waals surface area contributed by atoms with E-state index in [-0.39, 0.29) is 17.5 Å². The molecule has 1 aromatic heterocycles. The first-order chi connectivity index (χ1) is 15.1. The highest BCUT2D eigenvalue weighted by Crippen LogP contribution is 2.20. The molecule has 6 nitrogen and oxygen atoms in total. The van der Waals surface area contributed by atoms with Crippen LogP contribution in [-0.2, 0) is 11.2 Å². The second-order valence-corrected chi connectivity index (χ2v) is 7.92. The minimum absolute atomic E-state index is 0.0750. The average molecular weight is 421 g/mol. The van der Waals surface area contributed by atoms with Crippen molar-refractivity contribution in [1.82, 2.24) is 14.9 Å². The van der Waals surface area contributed by atoms with Gasteiger partial charge in [0.2, 0.25) is 5.91 Å². The van der Waals surface area contributed by atoms with E-state index in [0.717, 1.165) is 31.2 Å². The predicted octanol–water partition coefficient (Wildman–Crippen LogP) is 3.96. The number of unbranched alkanes of at least 4 members (excludes halogenated alkanes) is 3. The highest BCUT2D eigenvalue weighted by molar-refractivity contribution is 5.78. The van der Waals surface area contributed by atoms with Gasteiger partial charge in [-0.15, -0.1) is 0 Å². The SMILES string of the molecule is C[C@@H](c1nc2ccccc2c(=O)[nH]1)N(CCCCCCN)C(=O)CCc1ccccc1. The molecule has 1 atom stereocenters. The second-order valence-electron chi connectivity index (χ2n) is 7.92. The van der Waals surface area contributed by atoms with Gasteiger partial charge in [-0.1, -0.05) is 55.3 Å².